The van der Waals surface area contributed by atoms with Crippen LogP contribution >= 0.6 is 27.5 Å². The molecule has 0 spiro atoms. The number of carbonyl (C=O) groups excluding carboxylic acids is 1. The van der Waals surface area contributed by atoms with E-state index in [1.165, 1.54) is 5.56 Å². The van der Waals surface area contributed by atoms with Crippen LogP contribution in [0.25, 0.3) is 11.0 Å². The molecule has 1 aliphatic rings. The van der Waals surface area contributed by atoms with Crippen LogP contribution in [0.2, 0.25) is 5.02 Å². The molecule has 6 heteroatoms. The maximum absolute atomic E-state index is 13.1. The van der Waals surface area contributed by atoms with E-state index < -0.39 is 0 Å². The van der Waals surface area contributed by atoms with Crippen LogP contribution in [0.5, 0.6) is 0 Å². The highest BCUT2D eigenvalue weighted by Crippen LogP contribution is 2.26. The van der Waals surface area contributed by atoms with Gasteiger partial charge in [0.05, 0.1) is 0 Å². The van der Waals surface area contributed by atoms with Gasteiger partial charge in [0.25, 0.3) is 5.91 Å². The fourth-order valence-electron chi connectivity index (χ4n) is 3.79. The highest BCUT2D eigenvalue weighted by molar-refractivity contribution is 9.10. The van der Waals surface area contributed by atoms with Gasteiger partial charge in [-0.3, -0.25) is 9.69 Å². The summed E-state index contributed by atoms with van der Waals surface area (Å²) in [6.45, 7) is 6.61. The number of piperazine rings is 1. The van der Waals surface area contributed by atoms with Crippen LogP contribution in [0, 0.1) is 0 Å². The predicted molar refractivity (Wildman–Crippen MR) is 116 cm³/mol. The van der Waals surface area contributed by atoms with Crippen LogP contribution in [0.1, 0.15) is 30.0 Å². The first-order chi connectivity index (χ1) is 13.4. The second-order valence-corrected chi connectivity index (χ2v) is 8.86. The van der Waals surface area contributed by atoms with Crippen molar-refractivity contribution in [3.8, 4) is 0 Å². The van der Waals surface area contributed by atoms with Crippen molar-refractivity contribution in [2.24, 2.45) is 0 Å². The number of hydrogen-bond donors (Lipinski definition) is 0. The summed E-state index contributed by atoms with van der Waals surface area (Å²) in [5, 5.41) is 1.68. The third-order valence-electron chi connectivity index (χ3n) is 5.36. The van der Waals surface area contributed by atoms with Crippen molar-refractivity contribution in [3.63, 3.8) is 0 Å². The second kappa shape index (κ2) is 7.90. The number of amides is 1. The fraction of sp³-hybridized carbons (Fsp3) is 0.318. The zero-order chi connectivity index (χ0) is 19.8. The van der Waals surface area contributed by atoms with Crippen LogP contribution in [-0.4, -0.2) is 40.9 Å². The summed E-state index contributed by atoms with van der Waals surface area (Å²) >= 11 is 9.45. The average Bonchev–Trinajstić information content (AvgIpc) is 3.09. The van der Waals surface area contributed by atoms with Gasteiger partial charge in [-0.25, -0.2) is 0 Å². The molecule has 2 atom stereocenters. The standard InChI is InChI=1S/C22H22BrClN2O2/c1-14-12-26(15(2)11-25(14)13-16-3-6-19(24)7-4-16)22(27)21-10-17-9-18(23)5-8-20(17)28-21/h3-10,14-15H,11-13H2,1-2H3/t14-,15+/m1/s1. The molecular weight excluding hydrogens is 440 g/mol. The van der Waals surface area contributed by atoms with Crippen molar-refractivity contribution in [2.45, 2.75) is 32.5 Å². The number of nitrogens with zero attached hydrogens (tertiary/aromatic N) is 2. The van der Waals surface area contributed by atoms with E-state index in [1.54, 1.807) is 0 Å². The Morgan fingerprint density at radius 2 is 1.86 bits per heavy atom. The highest BCUT2D eigenvalue weighted by atomic mass is 79.9. The summed E-state index contributed by atoms with van der Waals surface area (Å²) in [5.74, 6) is 0.358. The van der Waals surface area contributed by atoms with Gasteiger partial charge in [-0.2, -0.15) is 0 Å². The minimum Gasteiger partial charge on any atom is -0.451 e. The maximum atomic E-state index is 13.1. The van der Waals surface area contributed by atoms with E-state index in [9.17, 15) is 4.79 Å². The van der Waals surface area contributed by atoms with Crippen LogP contribution in [0.15, 0.2) is 57.4 Å². The van der Waals surface area contributed by atoms with E-state index in [0.717, 1.165) is 33.6 Å². The van der Waals surface area contributed by atoms with Crippen LogP contribution in [0.4, 0.5) is 0 Å². The van der Waals surface area contributed by atoms with Gasteiger partial charge in [-0.1, -0.05) is 39.7 Å². The molecule has 2 aromatic carbocycles. The third kappa shape index (κ3) is 3.97. The summed E-state index contributed by atoms with van der Waals surface area (Å²) in [7, 11) is 0. The Bertz CT molecular complexity index is 1000. The number of fused-ring (bicyclic) bond motifs is 1. The Labute approximate surface area is 178 Å². The van der Waals surface area contributed by atoms with Gasteiger partial charge in [0.2, 0.25) is 0 Å². The van der Waals surface area contributed by atoms with E-state index in [0.29, 0.717) is 12.3 Å². The largest absolute Gasteiger partial charge is 0.451 e. The molecule has 1 amide bonds. The van der Waals surface area contributed by atoms with Gasteiger partial charge >= 0.3 is 0 Å². The molecule has 4 rings (SSSR count). The summed E-state index contributed by atoms with van der Waals surface area (Å²) < 4.78 is 6.79. The van der Waals surface area contributed by atoms with Crippen molar-refractivity contribution >= 4 is 44.4 Å². The molecule has 0 radical (unpaired) electrons. The van der Waals surface area contributed by atoms with Crippen molar-refractivity contribution in [3.05, 3.63) is 69.3 Å². The van der Waals surface area contributed by atoms with Crippen LogP contribution in [-0.2, 0) is 6.54 Å². The highest BCUT2D eigenvalue weighted by Gasteiger charge is 2.33. The predicted octanol–water partition coefficient (Wildman–Crippen LogP) is 5.58. The molecular formula is C22H22BrClN2O2. The molecule has 146 valence electrons. The molecule has 1 aromatic heterocycles. The molecule has 1 aliphatic heterocycles. The van der Waals surface area contributed by atoms with E-state index in [1.807, 2.05) is 41.3 Å². The third-order valence-corrected chi connectivity index (χ3v) is 6.11. The summed E-state index contributed by atoms with van der Waals surface area (Å²) in [6.07, 6.45) is 0. The van der Waals surface area contributed by atoms with Gasteiger partial charge in [0.1, 0.15) is 5.58 Å². The lowest BCUT2D eigenvalue weighted by atomic mass is 10.1. The Kier molecular flexibility index (Phi) is 5.50. The minimum absolute atomic E-state index is 0.0437. The Hall–Kier alpha value is -1.82. The van der Waals surface area contributed by atoms with E-state index >= 15 is 0 Å². The molecule has 0 saturated carbocycles. The van der Waals surface area contributed by atoms with Crippen molar-refractivity contribution in [1.29, 1.82) is 0 Å². The van der Waals surface area contributed by atoms with Crippen molar-refractivity contribution in [1.82, 2.24) is 9.80 Å². The normalized spacial score (nSPS) is 20.6. The van der Waals surface area contributed by atoms with Gasteiger partial charge in [-0.15, -0.1) is 0 Å². The van der Waals surface area contributed by atoms with Gasteiger partial charge in [-0.05, 0) is 55.8 Å². The zero-order valence-corrected chi connectivity index (χ0v) is 18.2. The van der Waals surface area contributed by atoms with E-state index in [2.05, 4.69) is 46.8 Å². The van der Waals surface area contributed by atoms with Gasteiger partial charge < -0.3 is 9.32 Å². The first-order valence-corrected chi connectivity index (χ1v) is 10.6. The molecule has 4 nitrogen and oxygen atoms in total. The smallest absolute Gasteiger partial charge is 0.289 e. The van der Waals surface area contributed by atoms with Crippen molar-refractivity contribution in [2.75, 3.05) is 13.1 Å². The summed E-state index contributed by atoms with van der Waals surface area (Å²) in [4.78, 5) is 17.4. The molecule has 0 aliphatic carbocycles. The number of hydrogen-bond acceptors (Lipinski definition) is 3. The number of benzene rings is 2. The molecule has 0 bridgehead atoms. The topological polar surface area (TPSA) is 36.7 Å². The Morgan fingerprint density at radius 3 is 2.61 bits per heavy atom. The lowest BCUT2D eigenvalue weighted by Crippen LogP contribution is -2.57. The van der Waals surface area contributed by atoms with E-state index in [-0.39, 0.29) is 18.0 Å². The van der Waals surface area contributed by atoms with Gasteiger partial charge in [0, 0.05) is 46.6 Å². The summed E-state index contributed by atoms with van der Waals surface area (Å²) in [5.41, 5.74) is 1.96. The molecule has 0 N–H and O–H groups in total. The molecule has 2 heterocycles. The number of furan rings is 1. The molecule has 3 aromatic rings. The monoisotopic (exact) mass is 460 g/mol. The van der Waals surface area contributed by atoms with E-state index in [4.69, 9.17) is 16.0 Å². The first kappa shape index (κ1) is 19.5. The maximum Gasteiger partial charge on any atom is 0.289 e. The molecule has 1 fully saturated rings. The molecule has 0 unspecified atom stereocenters. The minimum atomic E-state index is -0.0437. The fourth-order valence-corrected chi connectivity index (χ4v) is 4.29. The quantitative estimate of drug-likeness (QED) is 0.510. The lowest BCUT2D eigenvalue weighted by molar-refractivity contribution is 0.0269. The lowest BCUT2D eigenvalue weighted by Gasteiger charge is -2.43. The number of halogens is 2. The Morgan fingerprint density at radius 1 is 1.11 bits per heavy atom. The van der Waals surface area contributed by atoms with Crippen LogP contribution in [0.3, 0.4) is 0 Å². The number of rotatable bonds is 3. The first-order valence-electron chi connectivity index (χ1n) is 9.39. The zero-order valence-electron chi connectivity index (χ0n) is 15.9. The Balaban J connectivity index is 1.48. The molecule has 28 heavy (non-hydrogen) atoms. The average molecular weight is 462 g/mol. The molecule has 1 saturated heterocycles. The second-order valence-electron chi connectivity index (χ2n) is 7.50. The summed E-state index contributed by atoms with van der Waals surface area (Å²) in [6, 6.07) is 15.9. The van der Waals surface area contributed by atoms with Gasteiger partial charge in [0.15, 0.2) is 5.76 Å². The van der Waals surface area contributed by atoms with Crippen LogP contribution < -0.4 is 0 Å². The number of carbonyl (C=O) groups is 1. The SMILES string of the molecule is C[C@@H]1CN(C(=O)c2cc3cc(Br)ccc3o2)[C@@H](C)CN1Cc1ccc(Cl)cc1. The van der Waals surface area contributed by atoms with Crippen molar-refractivity contribution < 1.29 is 9.21 Å².